The van der Waals surface area contributed by atoms with Gasteiger partial charge in [0.1, 0.15) is 0 Å². The van der Waals surface area contributed by atoms with Gasteiger partial charge in [-0.05, 0) is 17.4 Å². The van der Waals surface area contributed by atoms with Gasteiger partial charge in [-0.2, -0.15) is 13.2 Å². The molecule has 24 heavy (non-hydrogen) atoms. The van der Waals surface area contributed by atoms with Crippen LogP contribution in [0.5, 0.6) is 0 Å². The van der Waals surface area contributed by atoms with Gasteiger partial charge >= 0.3 is 6.18 Å². The molecule has 2 aromatic rings. The number of alkyl halides is 3. The number of carbonyl (C=O) groups is 1. The largest absolute Gasteiger partial charge is 0.451 e. The lowest BCUT2D eigenvalue weighted by Crippen LogP contribution is -2.32. The van der Waals surface area contributed by atoms with E-state index in [0.717, 1.165) is 21.2 Å². The fraction of sp³-hybridized carbons (Fsp3) is 0.500. The Balaban J connectivity index is 1.97. The highest BCUT2D eigenvalue weighted by Gasteiger charge is 2.37. The van der Waals surface area contributed by atoms with Crippen LogP contribution in [0.15, 0.2) is 22.7 Å². The number of thioether (sulfide) groups is 1. The zero-order valence-corrected chi connectivity index (χ0v) is 14.9. The Kier molecular flexibility index (Phi) is 5.92. The van der Waals surface area contributed by atoms with Crippen molar-refractivity contribution >= 4 is 29.0 Å². The van der Waals surface area contributed by atoms with Crippen LogP contribution in [0.3, 0.4) is 0 Å². The molecule has 0 spiro atoms. The summed E-state index contributed by atoms with van der Waals surface area (Å²) in [6.45, 7) is 3.99. The molecule has 2 heterocycles. The fourth-order valence-electron chi connectivity index (χ4n) is 2.07. The summed E-state index contributed by atoms with van der Waals surface area (Å²) in [6.07, 6.45) is -4.56. The molecule has 1 atom stereocenters. The number of nitrogens with one attached hydrogen (secondary N) is 1. The van der Waals surface area contributed by atoms with Crippen LogP contribution in [0.1, 0.15) is 30.6 Å². The molecule has 2 aromatic heterocycles. The minimum atomic E-state index is -4.56. The molecule has 10 heteroatoms. The predicted molar refractivity (Wildman–Crippen MR) is 86.8 cm³/mol. The average Bonchev–Trinajstić information content (AvgIpc) is 3.11. The average molecular weight is 378 g/mol. The maximum Gasteiger partial charge on any atom is 0.451 e. The molecule has 0 aliphatic heterocycles. The van der Waals surface area contributed by atoms with Crippen LogP contribution in [-0.2, 0) is 18.0 Å². The predicted octanol–water partition coefficient (Wildman–Crippen LogP) is 3.50. The summed E-state index contributed by atoms with van der Waals surface area (Å²) in [5.41, 5.74) is 0. The lowest BCUT2D eigenvalue weighted by atomic mass is 10.0. The molecule has 1 N–H and O–H groups in total. The number of carbonyl (C=O) groups excluding carboxylic acids is 1. The summed E-state index contributed by atoms with van der Waals surface area (Å²) in [6, 6.07) is 3.73. The summed E-state index contributed by atoms with van der Waals surface area (Å²) in [7, 11) is 1.23. The number of nitrogens with zero attached hydrogens (tertiary/aromatic N) is 3. The Morgan fingerprint density at radius 1 is 1.42 bits per heavy atom. The maximum absolute atomic E-state index is 12.7. The van der Waals surface area contributed by atoms with Gasteiger partial charge in [-0.25, -0.2) is 0 Å². The molecule has 0 saturated heterocycles. The molecule has 5 nitrogen and oxygen atoms in total. The number of hydrogen-bond acceptors (Lipinski definition) is 5. The monoisotopic (exact) mass is 378 g/mol. The standard InChI is InChI=1S/C14H17F3N4OS2/c1-8(2)11(9-5-4-6-23-9)18-10(22)7-24-13-20-19-12(21(13)3)14(15,16)17/h4-6,8,11H,7H2,1-3H3,(H,18,22). The van der Waals surface area contributed by atoms with Crippen molar-refractivity contribution in [1.82, 2.24) is 20.1 Å². The summed E-state index contributed by atoms with van der Waals surface area (Å²) >= 11 is 2.48. The number of halogens is 3. The highest BCUT2D eigenvalue weighted by molar-refractivity contribution is 7.99. The van der Waals surface area contributed by atoms with Crippen LogP contribution in [-0.4, -0.2) is 26.4 Å². The highest BCUT2D eigenvalue weighted by atomic mass is 32.2. The van der Waals surface area contributed by atoms with Crippen molar-refractivity contribution in [3.8, 4) is 0 Å². The molecule has 0 fully saturated rings. The third kappa shape index (κ3) is 4.50. The lowest BCUT2D eigenvalue weighted by molar-refractivity contribution is -0.147. The second-order valence-electron chi connectivity index (χ2n) is 5.46. The van der Waals surface area contributed by atoms with E-state index >= 15 is 0 Å². The van der Waals surface area contributed by atoms with Gasteiger partial charge in [-0.3, -0.25) is 4.79 Å². The van der Waals surface area contributed by atoms with Crippen molar-refractivity contribution in [1.29, 1.82) is 0 Å². The van der Waals surface area contributed by atoms with Gasteiger partial charge in [0.05, 0.1) is 11.8 Å². The number of rotatable bonds is 6. The highest BCUT2D eigenvalue weighted by Crippen LogP contribution is 2.30. The molecule has 0 aliphatic carbocycles. The molecule has 0 radical (unpaired) electrons. The number of amides is 1. The first-order valence-electron chi connectivity index (χ1n) is 7.12. The number of thiophene rings is 1. The first-order valence-corrected chi connectivity index (χ1v) is 8.98. The van der Waals surface area contributed by atoms with Gasteiger partial charge in [0.2, 0.25) is 11.7 Å². The molecule has 0 saturated carbocycles. The maximum atomic E-state index is 12.7. The molecule has 1 unspecified atom stereocenters. The van der Waals surface area contributed by atoms with Gasteiger partial charge in [0, 0.05) is 11.9 Å². The van der Waals surface area contributed by atoms with Crippen LogP contribution in [0, 0.1) is 5.92 Å². The SMILES string of the molecule is CC(C)C(NC(=O)CSc1nnc(C(F)(F)F)n1C)c1cccs1. The first kappa shape index (κ1) is 18.8. The Morgan fingerprint density at radius 3 is 2.62 bits per heavy atom. The van der Waals surface area contributed by atoms with Crippen molar-refractivity contribution < 1.29 is 18.0 Å². The van der Waals surface area contributed by atoms with Crippen LogP contribution in [0.4, 0.5) is 13.2 Å². The third-order valence-corrected chi connectivity index (χ3v) is 5.23. The molecule has 0 aromatic carbocycles. The van der Waals surface area contributed by atoms with Crippen LogP contribution < -0.4 is 5.32 Å². The van der Waals surface area contributed by atoms with Gasteiger partial charge in [-0.15, -0.1) is 21.5 Å². The van der Waals surface area contributed by atoms with E-state index in [1.165, 1.54) is 7.05 Å². The molecule has 0 aliphatic rings. The lowest BCUT2D eigenvalue weighted by Gasteiger charge is -2.21. The van der Waals surface area contributed by atoms with Crippen molar-refractivity contribution in [3.05, 3.63) is 28.2 Å². The van der Waals surface area contributed by atoms with E-state index in [1.54, 1.807) is 11.3 Å². The Morgan fingerprint density at radius 2 is 2.12 bits per heavy atom. The van der Waals surface area contributed by atoms with Crippen molar-refractivity contribution in [2.24, 2.45) is 13.0 Å². The van der Waals surface area contributed by atoms with Crippen molar-refractivity contribution in [2.45, 2.75) is 31.2 Å². The van der Waals surface area contributed by atoms with Gasteiger partial charge in [-0.1, -0.05) is 31.7 Å². The van der Waals surface area contributed by atoms with E-state index in [0.29, 0.717) is 0 Å². The fourth-order valence-corrected chi connectivity index (χ4v) is 3.74. The zero-order valence-electron chi connectivity index (χ0n) is 13.3. The molecule has 1 amide bonds. The second-order valence-corrected chi connectivity index (χ2v) is 7.38. The minimum absolute atomic E-state index is 0.0293. The van der Waals surface area contributed by atoms with E-state index in [1.807, 2.05) is 31.4 Å². The Labute approximate surface area is 145 Å². The normalized spacial score (nSPS) is 13.3. The van der Waals surface area contributed by atoms with Gasteiger partial charge in [0.25, 0.3) is 0 Å². The first-order chi connectivity index (χ1) is 11.2. The number of hydrogen-bond donors (Lipinski definition) is 1. The van der Waals surface area contributed by atoms with Crippen molar-refractivity contribution in [3.63, 3.8) is 0 Å². The third-order valence-electron chi connectivity index (χ3n) is 3.25. The quantitative estimate of drug-likeness (QED) is 0.782. The minimum Gasteiger partial charge on any atom is -0.347 e. The van der Waals surface area contributed by atoms with Crippen LogP contribution >= 0.6 is 23.1 Å². The van der Waals surface area contributed by atoms with Gasteiger partial charge < -0.3 is 9.88 Å². The Hall–Kier alpha value is -1.55. The molecular weight excluding hydrogens is 361 g/mol. The molecular formula is C14H17F3N4OS2. The Bertz CT molecular complexity index is 683. The number of aromatic nitrogens is 3. The van der Waals surface area contributed by atoms with Crippen molar-refractivity contribution in [2.75, 3.05) is 5.75 Å². The summed E-state index contributed by atoms with van der Waals surface area (Å²) in [5.74, 6) is -1.17. The van der Waals surface area contributed by atoms with Crippen LogP contribution in [0.2, 0.25) is 0 Å². The van der Waals surface area contributed by atoms with E-state index < -0.39 is 12.0 Å². The topological polar surface area (TPSA) is 59.8 Å². The summed E-state index contributed by atoms with van der Waals surface area (Å²) in [4.78, 5) is 13.2. The molecule has 2 rings (SSSR count). The second kappa shape index (κ2) is 7.56. The van der Waals surface area contributed by atoms with Crippen LogP contribution in [0.25, 0.3) is 0 Å². The summed E-state index contributed by atoms with van der Waals surface area (Å²) in [5, 5.41) is 11.5. The van der Waals surface area contributed by atoms with E-state index in [4.69, 9.17) is 0 Å². The molecule has 0 bridgehead atoms. The summed E-state index contributed by atoms with van der Waals surface area (Å²) < 4.78 is 38.8. The zero-order chi connectivity index (χ0) is 17.9. The molecule has 132 valence electrons. The van der Waals surface area contributed by atoms with E-state index in [2.05, 4.69) is 15.5 Å². The smallest absolute Gasteiger partial charge is 0.347 e. The van der Waals surface area contributed by atoms with E-state index in [-0.39, 0.29) is 28.8 Å². The van der Waals surface area contributed by atoms with E-state index in [9.17, 15) is 18.0 Å². The van der Waals surface area contributed by atoms with Gasteiger partial charge in [0.15, 0.2) is 5.16 Å².